The molecule has 0 saturated carbocycles. The summed E-state index contributed by atoms with van der Waals surface area (Å²) >= 11 is 0. The number of nitrogens with one attached hydrogen (secondary N) is 1. The smallest absolute Gasteiger partial charge is 0.328 e. The number of ketones is 1. The van der Waals surface area contributed by atoms with Gasteiger partial charge >= 0.3 is 17.9 Å². The summed E-state index contributed by atoms with van der Waals surface area (Å²) in [6.07, 6.45) is 2.29. The van der Waals surface area contributed by atoms with Gasteiger partial charge < -0.3 is 25.6 Å². The summed E-state index contributed by atoms with van der Waals surface area (Å²) in [7, 11) is 0. The van der Waals surface area contributed by atoms with Gasteiger partial charge in [-0.2, -0.15) is 0 Å². The van der Waals surface area contributed by atoms with Crippen molar-refractivity contribution in [3.8, 4) is 0 Å². The van der Waals surface area contributed by atoms with Gasteiger partial charge in [0.05, 0.1) is 0 Å². The highest BCUT2D eigenvalue weighted by Gasteiger charge is 2.38. The molecule has 0 rings (SSSR count). The zero-order valence-electron chi connectivity index (χ0n) is 23.8. The van der Waals surface area contributed by atoms with Crippen molar-refractivity contribution in [2.24, 2.45) is 28.4 Å². The molecule has 0 aromatic rings. The fourth-order valence-corrected chi connectivity index (χ4v) is 3.34. The second kappa shape index (κ2) is 15.7. The quantitative estimate of drug-likeness (QED) is 0.190. The number of esters is 2. The molecule has 10 heteroatoms. The molecule has 3 unspecified atom stereocenters. The van der Waals surface area contributed by atoms with Crippen molar-refractivity contribution >= 4 is 29.6 Å². The van der Waals surface area contributed by atoms with Gasteiger partial charge in [-0.3, -0.25) is 19.2 Å². The molecular weight excluding hydrogens is 480 g/mol. The predicted molar refractivity (Wildman–Crippen MR) is 139 cm³/mol. The van der Waals surface area contributed by atoms with Gasteiger partial charge in [-0.1, -0.05) is 48.5 Å². The third kappa shape index (κ3) is 14.1. The van der Waals surface area contributed by atoms with Gasteiger partial charge in [0.15, 0.2) is 0 Å². The number of carbonyl (C=O) groups is 5. The van der Waals surface area contributed by atoms with Crippen molar-refractivity contribution in [2.75, 3.05) is 13.2 Å². The van der Waals surface area contributed by atoms with Gasteiger partial charge in [0.25, 0.3) is 0 Å². The SMILES string of the molecule is CC(C)CC(N)C(=O)OCC(C)(COC(=O)C(CC(C)C)NC(=O)CCCCC(=O)C(C)(C)C)C(=O)O. The molecule has 214 valence electrons. The van der Waals surface area contributed by atoms with E-state index in [0.29, 0.717) is 32.1 Å². The van der Waals surface area contributed by atoms with Crippen LogP contribution >= 0.6 is 0 Å². The van der Waals surface area contributed by atoms with E-state index in [9.17, 15) is 29.1 Å². The maximum atomic E-state index is 12.8. The Hall–Kier alpha value is -2.49. The number of amides is 1. The number of nitrogens with two attached hydrogens (primary N) is 1. The molecule has 0 aliphatic heterocycles. The molecule has 37 heavy (non-hydrogen) atoms. The van der Waals surface area contributed by atoms with E-state index in [1.807, 2.05) is 48.5 Å². The van der Waals surface area contributed by atoms with E-state index in [1.165, 1.54) is 6.92 Å². The molecule has 3 atom stereocenters. The fraction of sp³-hybridized carbons (Fsp3) is 0.815. The normalized spacial score (nSPS) is 15.0. The number of Topliss-reactive ketones (excluding diaryl/α,β-unsaturated/α-hetero) is 1. The Morgan fingerprint density at radius 3 is 1.76 bits per heavy atom. The first-order valence-corrected chi connectivity index (χ1v) is 13.0. The lowest BCUT2D eigenvalue weighted by Gasteiger charge is -2.26. The number of hydrogen-bond acceptors (Lipinski definition) is 8. The Bertz CT molecular complexity index is 788. The average Bonchev–Trinajstić information content (AvgIpc) is 2.76. The van der Waals surface area contributed by atoms with Crippen molar-refractivity contribution in [1.29, 1.82) is 0 Å². The Morgan fingerprint density at radius 1 is 0.811 bits per heavy atom. The highest BCUT2D eigenvalue weighted by molar-refractivity contribution is 5.85. The Labute approximate surface area is 221 Å². The second-order valence-electron chi connectivity index (χ2n) is 11.9. The highest BCUT2D eigenvalue weighted by atomic mass is 16.6. The zero-order chi connectivity index (χ0) is 29.0. The maximum Gasteiger partial charge on any atom is 0.328 e. The molecule has 1 amide bonds. The van der Waals surface area contributed by atoms with Crippen LogP contribution < -0.4 is 11.1 Å². The summed E-state index contributed by atoms with van der Waals surface area (Å²) in [5.74, 6) is -2.80. The number of hydrogen-bond donors (Lipinski definition) is 3. The number of rotatable bonds is 17. The lowest BCUT2D eigenvalue weighted by Crippen LogP contribution is -2.46. The summed E-state index contributed by atoms with van der Waals surface area (Å²) in [4.78, 5) is 61.2. The molecule has 0 aromatic heterocycles. The number of carboxylic acids is 1. The van der Waals surface area contributed by atoms with Crippen molar-refractivity contribution in [3.63, 3.8) is 0 Å². The van der Waals surface area contributed by atoms with Gasteiger partial charge in [-0.15, -0.1) is 0 Å². The minimum Gasteiger partial charge on any atom is -0.481 e. The molecule has 0 aliphatic carbocycles. The van der Waals surface area contributed by atoms with E-state index in [4.69, 9.17) is 15.2 Å². The van der Waals surface area contributed by atoms with Crippen molar-refractivity contribution in [2.45, 2.75) is 106 Å². The number of aliphatic carboxylic acids is 1. The summed E-state index contributed by atoms with van der Waals surface area (Å²) in [5.41, 5.74) is 3.69. The standard InChI is InChI=1S/C27H48N2O8/c1-17(2)13-19(28)23(32)36-15-27(8,25(34)35)16-37-24(33)20(14-18(3)4)29-22(31)12-10-9-11-21(30)26(5,6)7/h17-20H,9-16,28H2,1-8H3,(H,29,31)(H,34,35). The van der Waals surface area contributed by atoms with Crippen LogP contribution in [0.5, 0.6) is 0 Å². The van der Waals surface area contributed by atoms with Crippen LogP contribution in [0.3, 0.4) is 0 Å². The van der Waals surface area contributed by atoms with Crippen molar-refractivity contribution in [3.05, 3.63) is 0 Å². The molecule has 4 N–H and O–H groups in total. The van der Waals surface area contributed by atoms with Crippen molar-refractivity contribution in [1.82, 2.24) is 5.32 Å². The van der Waals surface area contributed by atoms with E-state index in [-0.39, 0.29) is 29.9 Å². The molecule has 0 heterocycles. The van der Waals surface area contributed by atoms with Crippen LogP contribution in [0.2, 0.25) is 0 Å². The first-order chi connectivity index (χ1) is 16.9. The third-order valence-electron chi connectivity index (χ3n) is 5.83. The van der Waals surface area contributed by atoms with Crippen LogP contribution in [-0.2, 0) is 33.4 Å². The number of ether oxygens (including phenoxy) is 2. The Kier molecular flexibility index (Phi) is 14.6. The summed E-state index contributed by atoms with van der Waals surface area (Å²) in [6.45, 7) is 13.4. The number of unbranched alkanes of at least 4 members (excludes halogenated alkanes) is 1. The summed E-state index contributed by atoms with van der Waals surface area (Å²) in [6, 6.07) is -1.83. The van der Waals surface area contributed by atoms with Crippen LogP contribution in [0.1, 0.15) is 93.9 Å². The van der Waals surface area contributed by atoms with Crippen LogP contribution in [0.15, 0.2) is 0 Å². The average molecular weight is 529 g/mol. The minimum absolute atomic E-state index is 0.0523. The summed E-state index contributed by atoms with van der Waals surface area (Å²) < 4.78 is 10.4. The molecular formula is C27H48N2O8. The molecule has 0 saturated heterocycles. The first kappa shape index (κ1) is 34.5. The van der Waals surface area contributed by atoms with Gasteiger partial charge in [-0.05, 0) is 44.4 Å². The van der Waals surface area contributed by atoms with Gasteiger partial charge in [0.2, 0.25) is 5.91 Å². The van der Waals surface area contributed by atoms with E-state index >= 15 is 0 Å². The second-order valence-corrected chi connectivity index (χ2v) is 11.9. The lowest BCUT2D eigenvalue weighted by atomic mass is 9.88. The van der Waals surface area contributed by atoms with Crippen LogP contribution in [0.4, 0.5) is 0 Å². The molecule has 0 spiro atoms. The molecule has 0 aliphatic rings. The van der Waals surface area contributed by atoms with E-state index in [2.05, 4.69) is 5.32 Å². The molecule has 0 radical (unpaired) electrons. The Balaban J connectivity index is 4.98. The maximum absolute atomic E-state index is 12.8. The van der Waals surface area contributed by atoms with Crippen LogP contribution in [-0.4, -0.2) is 60.0 Å². The van der Waals surface area contributed by atoms with E-state index in [1.54, 1.807) is 0 Å². The Morgan fingerprint density at radius 2 is 1.30 bits per heavy atom. The van der Waals surface area contributed by atoms with E-state index in [0.717, 1.165) is 0 Å². The highest BCUT2D eigenvalue weighted by Crippen LogP contribution is 2.21. The van der Waals surface area contributed by atoms with Crippen LogP contribution in [0.25, 0.3) is 0 Å². The largest absolute Gasteiger partial charge is 0.481 e. The molecule has 10 nitrogen and oxygen atoms in total. The molecule has 0 aromatic carbocycles. The molecule has 0 fully saturated rings. The molecule has 0 bridgehead atoms. The van der Waals surface area contributed by atoms with Crippen LogP contribution in [0, 0.1) is 22.7 Å². The van der Waals surface area contributed by atoms with Gasteiger partial charge in [0, 0.05) is 18.3 Å². The third-order valence-corrected chi connectivity index (χ3v) is 5.83. The zero-order valence-corrected chi connectivity index (χ0v) is 23.8. The monoisotopic (exact) mass is 528 g/mol. The van der Waals surface area contributed by atoms with E-state index < -0.39 is 54.0 Å². The summed E-state index contributed by atoms with van der Waals surface area (Å²) in [5, 5.41) is 12.3. The minimum atomic E-state index is -1.69. The fourth-order valence-electron chi connectivity index (χ4n) is 3.34. The number of carboxylic acid groups (broad SMARTS) is 1. The number of carbonyl (C=O) groups excluding carboxylic acids is 4. The van der Waals surface area contributed by atoms with Crippen molar-refractivity contribution < 1.29 is 38.6 Å². The topological polar surface area (TPSA) is 162 Å². The lowest BCUT2D eigenvalue weighted by molar-refractivity contribution is -0.167. The predicted octanol–water partition coefficient (Wildman–Crippen LogP) is 3.24. The first-order valence-electron chi connectivity index (χ1n) is 13.0. The van der Waals surface area contributed by atoms with Gasteiger partial charge in [0.1, 0.15) is 36.5 Å². The van der Waals surface area contributed by atoms with Gasteiger partial charge in [-0.25, -0.2) is 4.79 Å².